The maximum absolute atomic E-state index is 13.8. The Labute approximate surface area is 121 Å². The maximum atomic E-state index is 13.8. The van der Waals surface area contributed by atoms with Crippen molar-refractivity contribution in [1.29, 1.82) is 0 Å². The molecule has 1 atom stereocenters. The van der Waals surface area contributed by atoms with Crippen LogP contribution in [-0.2, 0) is 11.2 Å². The fourth-order valence-corrected chi connectivity index (χ4v) is 1.85. The largest absolute Gasteiger partial charge is 0.488 e. The molecular weight excluding hydrogens is 257 g/mol. The topological polar surface area (TPSA) is 44.5 Å². The second-order valence-corrected chi connectivity index (χ2v) is 5.55. The predicted octanol–water partition coefficient (Wildman–Crippen LogP) is 3.16. The second-order valence-electron chi connectivity index (χ2n) is 5.55. The summed E-state index contributed by atoms with van der Waals surface area (Å²) in [6, 6.07) is 4.90. The first-order valence-corrected chi connectivity index (χ1v) is 7.24. The molecule has 1 aromatic rings. The van der Waals surface area contributed by atoms with E-state index < -0.39 is 0 Å². The van der Waals surface area contributed by atoms with E-state index in [-0.39, 0.29) is 11.9 Å². The lowest BCUT2D eigenvalue weighted by molar-refractivity contribution is 0.0909. The van der Waals surface area contributed by atoms with Gasteiger partial charge in [-0.1, -0.05) is 26.0 Å². The Morgan fingerprint density at radius 1 is 1.15 bits per heavy atom. The Hall–Kier alpha value is -1.13. The van der Waals surface area contributed by atoms with Crippen LogP contribution in [0.4, 0.5) is 4.39 Å². The molecule has 3 nitrogen and oxygen atoms in total. The first kappa shape index (κ1) is 16.9. The number of hydrogen-bond donors (Lipinski definition) is 1. The van der Waals surface area contributed by atoms with Crippen molar-refractivity contribution in [2.45, 2.75) is 39.7 Å². The van der Waals surface area contributed by atoms with Crippen LogP contribution in [0.3, 0.4) is 0 Å². The highest BCUT2D eigenvalue weighted by molar-refractivity contribution is 5.35. The van der Waals surface area contributed by atoms with E-state index in [1.165, 1.54) is 6.07 Å². The third kappa shape index (κ3) is 6.35. The quantitative estimate of drug-likeness (QED) is 0.708. The first-order valence-electron chi connectivity index (χ1n) is 7.24. The second kappa shape index (κ2) is 8.93. The Bertz CT molecular complexity index is 394. The van der Waals surface area contributed by atoms with Crippen LogP contribution in [0.25, 0.3) is 0 Å². The van der Waals surface area contributed by atoms with E-state index >= 15 is 0 Å². The molecule has 1 aromatic carbocycles. The lowest BCUT2D eigenvalue weighted by atomic mass is 10.1. The zero-order valence-corrected chi connectivity index (χ0v) is 12.7. The minimum absolute atomic E-state index is 0.0264. The number of ether oxygens (including phenoxy) is 2. The number of benzene rings is 1. The number of hydrogen-bond acceptors (Lipinski definition) is 3. The van der Waals surface area contributed by atoms with E-state index in [4.69, 9.17) is 15.2 Å². The van der Waals surface area contributed by atoms with Crippen LogP contribution in [-0.4, -0.2) is 25.9 Å². The Kier molecular flexibility index (Phi) is 7.55. The Balaban J connectivity index is 2.42. The van der Waals surface area contributed by atoms with Crippen LogP contribution in [0.1, 0.15) is 32.8 Å². The number of halogens is 1. The van der Waals surface area contributed by atoms with Gasteiger partial charge in [0.2, 0.25) is 0 Å². The van der Waals surface area contributed by atoms with Gasteiger partial charge in [0.05, 0.1) is 6.61 Å². The highest BCUT2D eigenvalue weighted by Crippen LogP contribution is 2.23. The molecule has 20 heavy (non-hydrogen) atoms. The summed E-state index contributed by atoms with van der Waals surface area (Å²) < 4.78 is 24.8. The van der Waals surface area contributed by atoms with Crippen LogP contribution >= 0.6 is 0 Å². The normalized spacial score (nSPS) is 12.7. The Morgan fingerprint density at radius 2 is 1.90 bits per heavy atom. The molecule has 0 saturated carbocycles. The van der Waals surface area contributed by atoms with Crippen molar-refractivity contribution in [1.82, 2.24) is 0 Å². The minimum Gasteiger partial charge on any atom is -0.488 e. The van der Waals surface area contributed by atoms with Gasteiger partial charge >= 0.3 is 0 Å². The van der Waals surface area contributed by atoms with Crippen molar-refractivity contribution in [2.75, 3.05) is 19.8 Å². The minimum atomic E-state index is -0.342. The van der Waals surface area contributed by atoms with Crippen molar-refractivity contribution in [3.05, 3.63) is 29.6 Å². The summed E-state index contributed by atoms with van der Waals surface area (Å²) >= 11 is 0. The lowest BCUT2D eigenvalue weighted by Crippen LogP contribution is -2.19. The van der Waals surface area contributed by atoms with Gasteiger partial charge in [0.1, 0.15) is 6.61 Å². The van der Waals surface area contributed by atoms with Crippen molar-refractivity contribution in [3.63, 3.8) is 0 Å². The van der Waals surface area contributed by atoms with Crippen LogP contribution in [0.2, 0.25) is 0 Å². The van der Waals surface area contributed by atoms with E-state index in [0.717, 1.165) is 12.0 Å². The van der Waals surface area contributed by atoms with E-state index in [9.17, 15) is 4.39 Å². The molecule has 0 spiro atoms. The lowest BCUT2D eigenvalue weighted by Gasteiger charge is -2.14. The van der Waals surface area contributed by atoms with E-state index in [2.05, 4.69) is 13.8 Å². The number of rotatable bonds is 9. The molecule has 1 unspecified atom stereocenters. The van der Waals surface area contributed by atoms with Gasteiger partial charge in [-0.2, -0.15) is 0 Å². The molecule has 0 radical (unpaired) electrons. The van der Waals surface area contributed by atoms with Crippen LogP contribution in [0.15, 0.2) is 18.2 Å². The van der Waals surface area contributed by atoms with Gasteiger partial charge in [0.25, 0.3) is 0 Å². The molecule has 0 aromatic heterocycles. The zero-order valence-electron chi connectivity index (χ0n) is 12.7. The molecule has 0 aliphatic rings. The fourth-order valence-electron chi connectivity index (χ4n) is 1.85. The maximum Gasteiger partial charge on any atom is 0.165 e. The van der Waals surface area contributed by atoms with Crippen LogP contribution in [0, 0.1) is 11.7 Å². The average Bonchev–Trinajstić information content (AvgIpc) is 2.35. The van der Waals surface area contributed by atoms with E-state index in [1.807, 2.05) is 13.0 Å². The fraction of sp³-hybridized carbons (Fsp3) is 0.625. The third-order valence-electron chi connectivity index (χ3n) is 2.90. The molecule has 2 N–H and O–H groups in total. The summed E-state index contributed by atoms with van der Waals surface area (Å²) in [5.74, 6) is 0.586. The van der Waals surface area contributed by atoms with Gasteiger partial charge in [-0.25, -0.2) is 4.39 Å². The molecular formula is C16H26FNO2. The summed E-state index contributed by atoms with van der Waals surface area (Å²) in [7, 11) is 0. The predicted molar refractivity (Wildman–Crippen MR) is 79.5 cm³/mol. The van der Waals surface area contributed by atoms with Crippen molar-refractivity contribution in [2.24, 2.45) is 11.7 Å². The van der Waals surface area contributed by atoms with Crippen molar-refractivity contribution in [3.8, 4) is 5.75 Å². The average molecular weight is 283 g/mol. The molecule has 0 fully saturated rings. The molecule has 0 heterocycles. The molecule has 0 saturated heterocycles. The summed E-state index contributed by atoms with van der Waals surface area (Å²) in [5, 5.41) is 0. The van der Waals surface area contributed by atoms with Gasteiger partial charge in [0, 0.05) is 12.6 Å². The van der Waals surface area contributed by atoms with Gasteiger partial charge in [-0.3, -0.25) is 0 Å². The highest BCUT2D eigenvalue weighted by Gasteiger charge is 2.11. The first-order chi connectivity index (χ1) is 9.50. The molecule has 0 aliphatic carbocycles. The van der Waals surface area contributed by atoms with E-state index in [0.29, 0.717) is 37.9 Å². The van der Waals surface area contributed by atoms with Gasteiger partial charge in [0.15, 0.2) is 11.6 Å². The third-order valence-corrected chi connectivity index (χ3v) is 2.90. The highest BCUT2D eigenvalue weighted by atomic mass is 19.1. The van der Waals surface area contributed by atoms with Gasteiger partial charge < -0.3 is 15.2 Å². The van der Waals surface area contributed by atoms with Gasteiger partial charge in [-0.05, 0) is 37.3 Å². The van der Waals surface area contributed by atoms with Crippen LogP contribution < -0.4 is 10.5 Å². The van der Waals surface area contributed by atoms with E-state index in [1.54, 1.807) is 6.07 Å². The zero-order chi connectivity index (χ0) is 15.0. The number of para-hydroxylation sites is 1. The number of nitrogens with two attached hydrogens (primary N) is 1. The molecule has 1 rings (SSSR count). The smallest absolute Gasteiger partial charge is 0.165 e. The summed E-state index contributed by atoms with van der Waals surface area (Å²) in [4.78, 5) is 0. The molecule has 0 aliphatic heterocycles. The molecule has 4 heteroatoms. The summed E-state index contributed by atoms with van der Waals surface area (Å²) in [5.41, 5.74) is 6.57. The molecule has 0 bridgehead atoms. The van der Waals surface area contributed by atoms with Crippen molar-refractivity contribution >= 4 is 0 Å². The van der Waals surface area contributed by atoms with Gasteiger partial charge in [-0.15, -0.1) is 0 Å². The molecule has 114 valence electrons. The molecule has 0 amide bonds. The SMILES string of the molecule is CC(C)CCOCCOc1c(F)cccc1CC(C)N. The van der Waals surface area contributed by atoms with Crippen LogP contribution in [0.5, 0.6) is 5.75 Å². The standard InChI is InChI=1S/C16H26FNO2/c1-12(2)7-8-19-9-10-20-16-14(11-13(3)18)5-4-6-15(16)17/h4-6,12-13H,7-11,18H2,1-3H3. The summed E-state index contributed by atoms with van der Waals surface area (Å²) in [6.07, 6.45) is 1.62. The Morgan fingerprint density at radius 3 is 2.55 bits per heavy atom. The van der Waals surface area contributed by atoms with Crippen molar-refractivity contribution < 1.29 is 13.9 Å². The summed E-state index contributed by atoms with van der Waals surface area (Å²) in [6.45, 7) is 7.73. The monoisotopic (exact) mass is 283 g/mol.